The van der Waals surface area contributed by atoms with Gasteiger partial charge in [-0.25, -0.2) is 9.13 Å². The molecule has 17 nitrogen and oxygen atoms in total. The van der Waals surface area contributed by atoms with Gasteiger partial charge in [0.25, 0.3) is 0 Å². The number of carbonyl (C=O) groups is 4. The maximum atomic E-state index is 13.0. The molecule has 0 radical (unpaired) electrons. The van der Waals surface area contributed by atoms with Crippen LogP contribution < -0.4 is 0 Å². The standard InChI is InChI=1S/C72H140O17P2/c1-8-10-11-12-13-14-15-16-19-26-33-41-48-55-71(76)89-68(60-83-70(75)54-47-40-35-28-30-37-44-51-64(5)6)62-87-91(80,81)85-58-66(73)57-84-90(78,79)86-61-67(88-72(77)56-49-42-34-27-20-17-18-23-29-36-43-50-63(3)4)59-82-69(74)53-46-39-32-25-22-21-24-31-38-45-52-65(7)9-2/h63-68,73H,8-62H2,1-7H3,(H,78,79)(H,80,81)/t65?,66-,67-,68-/m1/s1. The van der Waals surface area contributed by atoms with Gasteiger partial charge in [0.05, 0.1) is 26.4 Å². The molecule has 0 heterocycles. The molecule has 0 aromatic carbocycles. The molecule has 3 unspecified atom stereocenters. The Kier molecular flexibility index (Phi) is 61.5. The molecule has 0 aliphatic rings. The lowest BCUT2D eigenvalue weighted by atomic mass is 9.99. The number of aliphatic hydroxyl groups is 1. The molecule has 0 saturated carbocycles. The van der Waals surface area contributed by atoms with E-state index in [9.17, 15) is 43.2 Å². The number of unbranched alkanes of at least 4 members (excludes halogenated alkanes) is 37. The monoisotopic (exact) mass is 1340 g/mol. The van der Waals surface area contributed by atoms with Crippen LogP contribution in [0, 0.1) is 17.8 Å². The van der Waals surface area contributed by atoms with Crippen LogP contribution in [0.2, 0.25) is 0 Å². The van der Waals surface area contributed by atoms with Gasteiger partial charge in [-0.3, -0.25) is 37.3 Å². The van der Waals surface area contributed by atoms with Crippen LogP contribution in [-0.2, 0) is 65.4 Å². The normalized spacial score (nSPS) is 14.5. The molecule has 0 bridgehead atoms. The summed E-state index contributed by atoms with van der Waals surface area (Å²) in [6.45, 7) is 11.8. The van der Waals surface area contributed by atoms with Crippen molar-refractivity contribution in [2.75, 3.05) is 39.6 Å². The number of hydrogen-bond donors (Lipinski definition) is 3. The van der Waals surface area contributed by atoms with Crippen LogP contribution in [0.1, 0.15) is 363 Å². The van der Waals surface area contributed by atoms with E-state index in [-0.39, 0.29) is 25.7 Å². The van der Waals surface area contributed by atoms with Crippen LogP contribution in [0.15, 0.2) is 0 Å². The lowest BCUT2D eigenvalue weighted by Crippen LogP contribution is -2.30. The summed E-state index contributed by atoms with van der Waals surface area (Å²) in [6, 6.07) is 0. The summed E-state index contributed by atoms with van der Waals surface area (Å²) in [5.41, 5.74) is 0. The highest BCUT2D eigenvalue weighted by Gasteiger charge is 2.30. The van der Waals surface area contributed by atoms with Gasteiger partial charge in [-0.1, -0.05) is 312 Å². The third-order valence-corrected chi connectivity index (χ3v) is 18.9. The largest absolute Gasteiger partial charge is 0.472 e. The Morgan fingerprint density at radius 1 is 0.319 bits per heavy atom. The highest BCUT2D eigenvalue weighted by molar-refractivity contribution is 7.47. The minimum Gasteiger partial charge on any atom is -0.462 e. The highest BCUT2D eigenvalue weighted by atomic mass is 31.2. The zero-order valence-corrected chi connectivity index (χ0v) is 61.1. The summed E-state index contributed by atoms with van der Waals surface area (Å²) >= 11 is 0. The fraction of sp³-hybridized carbons (Fsp3) is 0.944. The van der Waals surface area contributed by atoms with E-state index in [0.29, 0.717) is 31.6 Å². The van der Waals surface area contributed by atoms with Gasteiger partial charge in [-0.15, -0.1) is 0 Å². The molecule has 0 aromatic rings. The minimum atomic E-state index is -4.95. The maximum Gasteiger partial charge on any atom is 0.472 e. The molecule has 0 aliphatic heterocycles. The van der Waals surface area contributed by atoms with Crippen molar-refractivity contribution in [2.24, 2.45) is 17.8 Å². The first-order valence-corrected chi connectivity index (χ1v) is 40.4. The molecule has 0 saturated heterocycles. The predicted octanol–water partition coefficient (Wildman–Crippen LogP) is 20.6. The Morgan fingerprint density at radius 3 is 0.835 bits per heavy atom. The second-order valence-electron chi connectivity index (χ2n) is 27.2. The number of aliphatic hydroxyl groups excluding tert-OH is 1. The van der Waals surface area contributed by atoms with Crippen molar-refractivity contribution in [3.05, 3.63) is 0 Å². The summed E-state index contributed by atoms with van der Waals surface area (Å²) in [5, 5.41) is 10.6. The summed E-state index contributed by atoms with van der Waals surface area (Å²) < 4.78 is 68.4. The Labute approximate surface area is 556 Å². The average molecular weight is 1340 g/mol. The lowest BCUT2D eigenvalue weighted by Gasteiger charge is -2.21. The van der Waals surface area contributed by atoms with Crippen molar-refractivity contribution in [1.82, 2.24) is 0 Å². The van der Waals surface area contributed by atoms with Crippen molar-refractivity contribution in [1.29, 1.82) is 0 Å². The molecule has 6 atom stereocenters. The van der Waals surface area contributed by atoms with Crippen molar-refractivity contribution >= 4 is 39.5 Å². The highest BCUT2D eigenvalue weighted by Crippen LogP contribution is 2.45. The van der Waals surface area contributed by atoms with Gasteiger partial charge in [0, 0.05) is 25.7 Å². The fourth-order valence-electron chi connectivity index (χ4n) is 10.9. The van der Waals surface area contributed by atoms with Crippen molar-refractivity contribution in [3.63, 3.8) is 0 Å². The van der Waals surface area contributed by atoms with Gasteiger partial charge in [-0.2, -0.15) is 0 Å². The molecular formula is C72H140O17P2. The number of carbonyl (C=O) groups excluding carboxylic acids is 4. The first kappa shape index (κ1) is 89.1. The van der Waals surface area contributed by atoms with Crippen LogP contribution in [0.3, 0.4) is 0 Å². The number of phosphoric ester groups is 2. The number of rotatable bonds is 70. The smallest absolute Gasteiger partial charge is 0.462 e. The van der Waals surface area contributed by atoms with Gasteiger partial charge in [0.1, 0.15) is 19.3 Å². The SMILES string of the molecule is CCCCCCCCCCCCCCCC(=O)O[C@H](COC(=O)CCCCCCCCCC(C)C)COP(=O)(O)OC[C@H](O)COP(=O)(O)OC[C@@H](COC(=O)CCCCCCCCCCCCC(C)CC)OC(=O)CCCCCCCCCCCCCC(C)C. The summed E-state index contributed by atoms with van der Waals surface area (Å²) in [6.07, 6.45) is 47.1. The number of hydrogen-bond acceptors (Lipinski definition) is 15. The second kappa shape index (κ2) is 62.8. The van der Waals surface area contributed by atoms with Crippen LogP contribution in [0.25, 0.3) is 0 Å². The Balaban J connectivity index is 5.26. The van der Waals surface area contributed by atoms with E-state index >= 15 is 0 Å². The molecule has 3 N–H and O–H groups in total. The van der Waals surface area contributed by atoms with E-state index < -0.39 is 97.5 Å². The average Bonchev–Trinajstić information content (AvgIpc) is 3.58. The second-order valence-corrected chi connectivity index (χ2v) is 30.1. The van der Waals surface area contributed by atoms with Crippen molar-refractivity contribution in [3.8, 4) is 0 Å². The van der Waals surface area contributed by atoms with E-state index in [1.807, 2.05) is 0 Å². The number of ether oxygens (including phenoxy) is 4. The van der Waals surface area contributed by atoms with Crippen LogP contribution in [-0.4, -0.2) is 96.7 Å². The molecule has 0 aliphatic carbocycles. The van der Waals surface area contributed by atoms with Gasteiger partial charge >= 0.3 is 39.5 Å². The van der Waals surface area contributed by atoms with Crippen molar-refractivity contribution in [2.45, 2.75) is 381 Å². The first-order valence-electron chi connectivity index (χ1n) is 37.4. The third kappa shape index (κ3) is 65.1. The Morgan fingerprint density at radius 2 is 0.560 bits per heavy atom. The van der Waals surface area contributed by atoms with E-state index in [2.05, 4.69) is 48.5 Å². The number of phosphoric acid groups is 2. The number of esters is 4. The summed E-state index contributed by atoms with van der Waals surface area (Å²) in [4.78, 5) is 72.6. The quantitative estimate of drug-likeness (QED) is 0.0222. The summed E-state index contributed by atoms with van der Waals surface area (Å²) in [7, 11) is -9.91. The van der Waals surface area contributed by atoms with E-state index in [1.165, 1.54) is 167 Å². The third-order valence-electron chi connectivity index (χ3n) is 17.0. The van der Waals surface area contributed by atoms with Gasteiger partial charge in [-0.05, 0) is 43.4 Å². The predicted molar refractivity (Wildman–Crippen MR) is 368 cm³/mol. The fourth-order valence-corrected chi connectivity index (χ4v) is 12.4. The zero-order chi connectivity index (χ0) is 67.3. The van der Waals surface area contributed by atoms with Gasteiger partial charge in [0.15, 0.2) is 12.2 Å². The zero-order valence-electron chi connectivity index (χ0n) is 59.3. The molecule has 540 valence electrons. The maximum absolute atomic E-state index is 13.0. The first-order chi connectivity index (χ1) is 43.8. The van der Waals surface area contributed by atoms with Crippen LogP contribution in [0.4, 0.5) is 0 Å². The Hall–Kier alpha value is -1.94. The summed E-state index contributed by atoms with van der Waals surface area (Å²) in [5.74, 6) is 0.157. The van der Waals surface area contributed by atoms with Gasteiger partial charge < -0.3 is 33.8 Å². The molecule has 0 fully saturated rings. The van der Waals surface area contributed by atoms with Crippen LogP contribution in [0.5, 0.6) is 0 Å². The molecule has 0 spiro atoms. The molecule has 0 aromatic heterocycles. The van der Waals surface area contributed by atoms with E-state index in [1.54, 1.807) is 0 Å². The molecule has 0 amide bonds. The van der Waals surface area contributed by atoms with Crippen molar-refractivity contribution < 1.29 is 80.2 Å². The molecular weight excluding hydrogens is 1200 g/mol. The molecule has 19 heteroatoms. The topological polar surface area (TPSA) is 237 Å². The lowest BCUT2D eigenvalue weighted by molar-refractivity contribution is -0.161. The van der Waals surface area contributed by atoms with Crippen LogP contribution >= 0.6 is 15.6 Å². The van der Waals surface area contributed by atoms with E-state index in [4.69, 9.17) is 37.0 Å². The van der Waals surface area contributed by atoms with Gasteiger partial charge in [0.2, 0.25) is 0 Å². The molecule has 0 rings (SSSR count). The van der Waals surface area contributed by atoms with E-state index in [0.717, 1.165) is 108 Å². The Bertz CT molecular complexity index is 1790. The molecule has 91 heavy (non-hydrogen) atoms. The minimum absolute atomic E-state index is 0.106.